The average Bonchev–Trinajstić information content (AvgIpc) is 3.10. The maximum Gasteiger partial charge on any atom is 0.348 e. The van der Waals surface area contributed by atoms with E-state index in [1.165, 1.54) is 0 Å². The molecule has 0 spiro atoms. The van der Waals surface area contributed by atoms with Crippen LogP contribution in [0.5, 0.6) is 5.75 Å². The monoisotopic (exact) mass is 397 g/mol. The van der Waals surface area contributed by atoms with E-state index in [2.05, 4.69) is 20.3 Å². The summed E-state index contributed by atoms with van der Waals surface area (Å²) in [5, 5.41) is 3.62. The summed E-state index contributed by atoms with van der Waals surface area (Å²) in [6.45, 7) is -0.147. The highest BCUT2D eigenvalue weighted by molar-refractivity contribution is 6.30. The minimum atomic E-state index is -0.727. The molecule has 0 bridgehead atoms. The van der Waals surface area contributed by atoms with Gasteiger partial charge < -0.3 is 20.5 Å². The van der Waals surface area contributed by atoms with E-state index < -0.39 is 12.1 Å². The van der Waals surface area contributed by atoms with Gasteiger partial charge in [-0.05, 0) is 35.9 Å². The highest BCUT2D eigenvalue weighted by Gasteiger charge is 2.30. The lowest BCUT2D eigenvalue weighted by Gasteiger charge is -2.11. The molecule has 2 heterocycles. The Labute approximate surface area is 165 Å². The number of benzene rings is 2. The summed E-state index contributed by atoms with van der Waals surface area (Å²) < 4.78 is 10.9. The van der Waals surface area contributed by atoms with Gasteiger partial charge in [0.2, 0.25) is 11.9 Å². The van der Waals surface area contributed by atoms with E-state index >= 15 is 0 Å². The summed E-state index contributed by atoms with van der Waals surface area (Å²) in [5.74, 6) is 0.648. The molecule has 0 amide bonds. The first kappa shape index (κ1) is 18.0. The van der Waals surface area contributed by atoms with Crippen molar-refractivity contribution in [1.29, 1.82) is 0 Å². The summed E-state index contributed by atoms with van der Waals surface area (Å²) in [6.07, 6.45) is -0.330. The van der Waals surface area contributed by atoms with Crippen LogP contribution in [0, 0.1) is 0 Å². The molecule has 1 aliphatic heterocycles. The lowest BCUT2D eigenvalue weighted by Crippen LogP contribution is -2.27. The third-order valence-corrected chi connectivity index (χ3v) is 4.27. The summed E-state index contributed by atoms with van der Waals surface area (Å²) in [7, 11) is 0. The van der Waals surface area contributed by atoms with E-state index in [1.807, 2.05) is 30.3 Å². The number of nitrogens with one attached hydrogen (secondary N) is 1. The summed E-state index contributed by atoms with van der Waals surface area (Å²) >= 11 is 5.97. The van der Waals surface area contributed by atoms with Gasteiger partial charge in [-0.25, -0.2) is 4.79 Å². The van der Waals surface area contributed by atoms with Crippen molar-refractivity contribution in [3.8, 4) is 5.75 Å². The van der Waals surface area contributed by atoms with E-state index in [9.17, 15) is 4.79 Å². The molecule has 0 saturated heterocycles. The number of nitrogens with zero attached hydrogens (tertiary/aromatic N) is 3. The summed E-state index contributed by atoms with van der Waals surface area (Å²) in [4.78, 5) is 24.6. The minimum Gasteiger partial charge on any atom is -0.478 e. The highest BCUT2D eigenvalue weighted by Crippen LogP contribution is 2.31. The molecule has 4 rings (SSSR count). The first-order valence-corrected chi connectivity index (χ1v) is 8.89. The van der Waals surface area contributed by atoms with Gasteiger partial charge in [0.1, 0.15) is 5.75 Å². The number of ether oxygens (including phenoxy) is 2. The molecule has 28 heavy (non-hydrogen) atoms. The van der Waals surface area contributed by atoms with Crippen molar-refractivity contribution in [3.05, 3.63) is 64.9 Å². The lowest BCUT2D eigenvalue weighted by molar-refractivity contribution is -0.152. The first-order chi connectivity index (χ1) is 13.6. The molecule has 2 aromatic carbocycles. The van der Waals surface area contributed by atoms with Crippen LogP contribution in [0.15, 0.2) is 48.5 Å². The molecule has 3 aromatic rings. The van der Waals surface area contributed by atoms with Gasteiger partial charge in [0.15, 0.2) is 18.5 Å². The zero-order valence-electron chi connectivity index (χ0n) is 14.6. The molecule has 142 valence electrons. The number of carbonyl (C=O) groups is 1. The van der Waals surface area contributed by atoms with E-state index in [4.69, 9.17) is 26.8 Å². The fourth-order valence-corrected chi connectivity index (χ4v) is 2.98. The predicted molar refractivity (Wildman–Crippen MR) is 103 cm³/mol. The van der Waals surface area contributed by atoms with E-state index in [0.717, 1.165) is 11.3 Å². The van der Waals surface area contributed by atoms with Crippen LogP contribution in [0.3, 0.4) is 0 Å². The number of hydrogen-bond donors (Lipinski definition) is 2. The number of para-hydroxylation sites is 1. The molecule has 9 heteroatoms. The number of nitrogens with two attached hydrogens (primary N) is 1. The van der Waals surface area contributed by atoms with Crippen LogP contribution in [0.2, 0.25) is 5.02 Å². The Bertz CT molecular complexity index is 1020. The van der Waals surface area contributed by atoms with Gasteiger partial charge in [0.05, 0.1) is 0 Å². The molecule has 0 saturated carbocycles. The standard InChI is InChI=1S/C19H16ClN5O3/c20-12-6-7-14-11(8-12)9-15(28-14)17(26)27-10-16-23-18(21)25-19(24-16)22-13-4-2-1-3-5-13/h1-8,15H,9-10H2,(H3,21,22,23,24,25)/t15-/m1/s1. The van der Waals surface area contributed by atoms with Crippen molar-refractivity contribution in [2.24, 2.45) is 0 Å². The second kappa shape index (κ2) is 7.69. The van der Waals surface area contributed by atoms with Crippen LogP contribution in [0.25, 0.3) is 0 Å². The Kier molecular flexibility index (Phi) is 4.94. The third-order valence-electron chi connectivity index (χ3n) is 4.03. The van der Waals surface area contributed by atoms with Crippen molar-refractivity contribution in [1.82, 2.24) is 15.0 Å². The van der Waals surface area contributed by atoms with Gasteiger partial charge in [0.25, 0.3) is 0 Å². The van der Waals surface area contributed by atoms with E-state index in [0.29, 0.717) is 17.2 Å². The van der Waals surface area contributed by atoms with Crippen molar-refractivity contribution in [3.63, 3.8) is 0 Å². The van der Waals surface area contributed by atoms with Gasteiger partial charge in [-0.1, -0.05) is 29.8 Å². The molecular formula is C19H16ClN5O3. The fourth-order valence-electron chi connectivity index (χ4n) is 2.79. The van der Waals surface area contributed by atoms with Crippen LogP contribution in [0.1, 0.15) is 11.4 Å². The van der Waals surface area contributed by atoms with Crippen molar-refractivity contribution in [2.75, 3.05) is 11.1 Å². The van der Waals surface area contributed by atoms with Gasteiger partial charge in [-0.3, -0.25) is 0 Å². The highest BCUT2D eigenvalue weighted by atomic mass is 35.5. The van der Waals surface area contributed by atoms with Crippen LogP contribution < -0.4 is 15.8 Å². The Morgan fingerprint density at radius 2 is 2.04 bits per heavy atom. The largest absolute Gasteiger partial charge is 0.478 e. The van der Waals surface area contributed by atoms with Gasteiger partial charge >= 0.3 is 5.97 Å². The molecular weight excluding hydrogens is 382 g/mol. The van der Waals surface area contributed by atoms with Gasteiger partial charge in [-0.2, -0.15) is 15.0 Å². The zero-order chi connectivity index (χ0) is 19.5. The fraction of sp³-hybridized carbons (Fsp3) is 0.158. The molecule has 0 radical (unpaired) electrons. The molecule has 3 N–H and O–H groups in total. The molecule has 8 nitrogen and oxygen atoms in total. The molecule has 1 atom stereocenters. The smallest absolute Gasteiger partial charge is 0.348 e. The Hall–Kier alpha value is -3.39. The quantitative estimate of drug-likeness (QED) is 0.632. The van der Waals surface area contributed by atoms with Crippen LogP contribution in [-0.2, 0) is 22.6 Å². The number of hydrogen-bond acceptors (Lipinski definition) is 8. The molecule has 0 fully saturated rings. The molecule has 1 aliphatic rings. The zero-order valence-corrected chi connectivity index (χ0v) is 15.4. The van der Waals surface area contributed by atoms with E-state index in [1.54, 1.807) is 18.2 Å². The average molecular weight is 398 g/mol. The van der Waals surface area contributed by atoms with Gasteiger partial charge in [0, 0.05) is 17.1 Å². The number of carbonyl (C=O) groups excluding carboxylic acids is 1. The topological polar surface area (TPSA) is 112 Å². The number of fused-ring (bicyclic) bond motifs is 1. The lowest BCUT2D eigenvalue weighted by atomic mass is 10.1. The number of rotatable bonds is 5. The number of halogens is 1. The normalized spacial score (nSPS) is 14.8. The second-order valence-electron chi connectivity index (χ2n) is 6.09. The molecule has 0 unspecified atom stereocenters. The molecule has 0 aliphatic carbocycles. The van der Waals surface area contributed by atoms with Crippen molar-refractivity contribution >= 4 is 35.2 Å². The Morgan fingerprint density at radius 3 is 2.86 bits per heavy atom. The summed E-state index contributed by atoms with van der Waals surface area (Å²) in [6, 6.07) is 14.6. The van der Waals surface area contributed by atoms with Crippen molar-refractivity contribution in [2.45, 2.75) is 19.1 Å². The number of esters is 1. The Balaban J connectivity index is 1.39. The number of anilines is 3. The van der Waals surface area contributed by atoms with Crippen LogP contribution in [0.4, 0.5) is 17.6 Å². The SMILES string of the molecule is Nc1nc(COC(=O)[C@H]2Cc3cc(Cl)ccc3O2)nc(Nc2ccccc2)n1. The second-order valence-corrected chi connectivity index (χ2v) is 6.53. The predicted octanol–water partition coefficient (Wildman–Crippen LogP) is 2.90. The maximum absolute atomic E-state index is 12.3. The summed E-state index contributed by atoms with van der Waals surface area (Å²) in [5.41, 5.74) is 7.40. The van der Waals surface area contributed by atoms with Crippen molar-refractivity contribution < 1.29 is 14.3 Å². The number of aromatic nitrogens is 3. The van der Waals surface area contributed by atoms with E-state index in [-0.39, 0.29) is 24.3 Å². The first-order valence-electron chi connectivity index (χ1n) is 8.51. The minimum absolute atomic E-state index is 0.0265. The number of nitrogen functional groups attached to an aromatic ring is 1. The van der Waals surface area contributed by atoms with Crippen LogP contribution >= 0.6 is 11.6 Å². The maximum atomic E-state index is 12.3. The van der Waals surface area contributed by atoms with Crippen LogP contribution in [-0.4, -0.2) is 27.0 Å². The molecule has 1 aromatic heterocycles. The van der Waals surface area contributed by atoms with Gasteiger partial charge in [-0.15, -0.1) is 0 Å². The third kappa shape index (κ3) is 4.12. The Morgan fingerprint density at radius 1 is 1.21 bits per heavy atom.